The van der Waals surface area contributed by atoms with E-state index >= 15 is 0 Å². The Morgan fingerprint density at radius 1 is 1.40 bits per heavy atom. The highest BCUT2D eigenvalue weighted by molar-refractivity contribution is 5.87. The minimum Gasteiger partial charge on any atom is -0.632 e. The number of carbonyl (C=O) groups is 2. The van der Waals surface area contributed by atoms with Gasteiger partial charge in [0.15, 0.2) is 12.1 Å². The molecule has 0 radical (unpaired) electrons. The number of methoxy groups -OCH3 is 1. The molecule has 5 atom stereocenters. The summed E-state index contributed by atoms with van der Waals surface area (Å²) in [4.78, 5) is 24.9. The highest BCUT2D eigenvalue weighted by Crippen LogP contribution is 2.38. The highest BCUT2D eigenvalue weighted by atomic mass is 16.6. The molecule has 0 saturated carbocycles. The van der Waals surface area contributed by atoms with Crippen molar-refractivity contribution in [2.24, 2.45) is 0 Å². The molecule has 2 heterocycles. The zero-order chi connectivity index (χ0) is 22.9. The fourth-order valence-corrected chi connectivity index (χ4v) is 4.04. The van der Waals surface area contributed by atoms with Crippen LogP contribution in [0.3, 0.4) is 0 Å². The monoisotopic (exact) mass is 427 g/mol. The van der Waals surface area contributed by atoms with Gasteiger partial charge in [-0.2, -0.15) is 0 Å². The minimum atomic E-state index is -2.31. The predicted octanol–water partition coefficient (Wildman–Crippen LogP) is 0.971. The smallest absolute Gasteiger partial charge is 0.344 e. The number of hydrogen-bond acceptors (Lipinski definition) is 8. The van der Waals surface area contributed by atoms with Crippen molar-refractivity contribution in [1.29, 1.82) is 0 Å². The van der Waals surface area contributed by atoms with Gasteiger partial charge in [0.25, 0.3) is 0 Å². The van der Waals surface area contributed by atoms with Crippen molar-refractivity contribution in [3.8, 4) is 0 Å². The maximum Gasteiger partial charge on any atom is 0.344 e. The summed E-state index contributed by atoms with van der Waals surface area (Å²) >= 11 is 0. The third-order valence-corrected chi connectivity index (χ3v) is 6.26. The average molecular weight is 427 g/mol. The van der Waals surface area contributed by atoms with E-state index in [1.807, 2.05) is 0 Å². The molecule has 2 rings (SSSR count). The molecule has 1 fully saturated rings. The number of nitrogens with zero attached hydrogens (tertiary/aromatic N) is 1. The van der Waals surface area contributed by atoms with Crippen LogP contribution in [-0.2, 0) is 23.8 Å². The van der Waals surface area contributed by atoms with Gasteiger partial charge in [-0.15, -0.1) is 0 Å². The number of hydrogen-bond donors (Lipinski definition) is 2. The molecular formula is C21H33NO8. The van der Waals surface area contributed by atoms with Gasteiger partial charge in [0, 0.05) is 24.7 Å². The number of quaternary nitrogens is 1. The molecule has 1 unspecified atom stereocenters. The van der Waals surface area contributed by atoms with Gasteiger partial charge in [-0.25, -0.2) is 9.59 Å². The Balaban J connectivity index is 2.14. The quantitative estimate of drug-likeness (QED) is 0.193. The first-order valence-electron chi connectivity index (χ1n) is 10.1. The largest absolute Gasteiger partial charge is 0.632 e. The van der Waals surface area contributed by atoms with E-state index in [1.54, 1.807) is 26.0 Å². The van der Waals surface area contributed by atoms with E-state index in [0.717, 1.165) is 0 Å². The number of ether oxygens (including phenoxy) is 3. The molecule has 0 aromatic heterocycles. The lowest BCUT2D eigenvalue weighted by Gasteiger charge is -2.41. The average Bonchev–Trinajstić information content (AvgIpc) is 3.18. The number of aliphatic hydroxyl groups is 2. The second kappa shape index (κ2) is 8.76. The van der Waals surface area contributed by atoms with Crippen LogP contribution in [0, 0.1) is 5.21 Å². The molecule has 0 aromatic carbocycles. The van der Waals surface area contributed by atoms with E-state index in [4.69, 9.17) is 14.2 Å². The maximum absolute atomic E-state index is 13.1. The summed E-state index contributed by atoms with van der Waals surface area (Å²) in [7, 11) is 1.31. The van der Waals surface area contributed by atoms with Gasteiger partial charge in [-0.1, -0.05) is 6.08 Å². The normalized spacial score (nSPS) is 29.6. The molecule has 0 aliphatic carbocycles. The number of hydroxylamine groups is 3. The van der Waals surface area contributed by atoms with Crippen LogP contribution >= 0.6 is 0 Å². The number of rotatable bonds is 8. The highest BCUT2D eigenvalue weighted by Gasteiger charge is 2.56. The predicted molar refractivity (Wildman–Crippen MR) is 108 cm³/mol. The summed E-state index contributed by atoms with van der Waals surface area (Å²) < 4.78 is 15.4. The summed E-state index contributed by atoms with van der Waals surface area (Å²) in [5, 5.41) is 34.3. The molecule has 30 heavy (non-hydrogen) atoms. The molecule has 0 bridgehead atoms. The van der Waals surface area contributed by atoms with Crippen LogP contribution in [0.4, 0.5) is 0 Å². The minimum absolute atomic E-state index is 0.193. The van der Waals surface area contributed by atoms with Crippen molar-refractivity contribution >= 4 is 11.9 Å². The summed E-state index contributed by atoms with van der Waals surface area (Å²) in [5.74, 6) is -1.54. The van der Waals surface area contributed by atoms with Crippen molar-refractivity contribution in [2.75, 3.05) is 26.8 Å². The molecule has 9 heteroatoms. The number of fused-ring (bicyclic) bond motifs is 1. The third kappa shape index (κ3) is 4.31. The SMILES string of the molecule is C/C=C(\C)C(=O)O[C@H]1CC[N+]2([O-])CC=C(COC(=O)[C@@](O)([C@@H](C)OC)C(C)(C)O)[C@H]12. The fourth-order valence-electron chi connectivity index (χ4n) is 4.04. The summed E-state index contributed by atoms with van der Waals surface area (Å²) in [5.41, 5.74) is -3.16. The van der Waals surface area contributed by atoms with Crippen LogP contribution in [0.2, 0.25) is 0 Å². The van der Waals surface area contributed by atoms with E-state index in [0.29, 0.717) is 24.1 Å². The van der Waals surface area contributed by atoms with E-state index < -0.39 is 46.0 Å². The van der Waals surface area contributed by atoms with E-state index in [1.165, 1.54) is 27.9 Å². The summed E-state index contributed by atoms with van der Waals surface area (Å²) in [6.07, 6.45) is 2.08. The lowest BCUT2D eigenvalue weighted by atomic mass is 9.81. The van der Waals surface area contributed by atoms with Gasteiger partial charge in [-0.3, -0.25) is 0 Å². The third-order valence-electron chi connectivity index (χ3n) is 6.26. The zero-order valence-corrected chi connectivity index (χ0v) is 18.5. The first-order valence-corrected chi connectivity index (χ1v) is 10.1. The van der Waals surface area contributed by atoms with Gasteiger partial charge in [0.2, 0.25) is 5.60 Å². The molecule has 0 aromatic rings. The first-order chi connectivity index (χ1) is 13.8. The molecule has 170 valence electrons. The second-order valence-corrected chi connectivity index (χ2v) is 8.57. The molecular weight excluding hydrogens is 394 g/mol. The first kappa shape index (κ1) is 24.5. The Labute approximate surface area is 177 Å². The number of esters is 2. The van der Waals surface area contributed by atoms with E-state index in [2.05, 4.69) is 0 Å². The summed E-state index contributed by atoms with van der Waals surface area (Å²) in [6, 6.07) is -0.665. The van der Waals surface area contributed by atoms with Crippen LogP contribution in [0.15, 0.2) is 23.3 Å². The van der Waals surface area contributed by atoms with Crippen molar-refractivity contribution in [2.45, 2.75) is 70.5 Å². The van der Waals surface area contributed by atoms with Crippen molar-refractivity contribution in [3.05, 3.63) is 28.5 Å². The summed E-state index contributed by atoms with van der Waals surface area (Å²) in [6.45, 7) is 7.62. The van der Waals surface area contributed by atoms with Gasteiger partial charge < -0.3 is 34.3 Å². The van der Waals surface area contributed by atoms with Crippen molar-refractivity contribution in [1.82, 2.24) is 0 Å². The topological polar surface area (TPSA) is 125 Å². The fraction of sp³-hybridized carbons (Fsp3) is 0.714. The Morgan fingerprint density at radius 3 is 2.57 bits per heavy atom. The second-order valence-electron chi connectivity index (χ2n) is 8.57. The van der Waals surface area contributed by atoms with Crippen LogP contribution < -0.4 is 0 Å². The molecule has 0 amide bonds. The van der Waals surface area contributed by atoms with Crippen LogP contribution in [0.5, 0.6) is 0 Å². The molecule has 9 nitrogen and oxygen atoms in total. The number of carbonyl (C=O) groups excluding carboxylic acids is 2. The maximum atomic E-state index is 13.1. The van der Waals surface area contributed by atoms with E-state index in [-0.39, 0.29) is 13.2 Å². The lowest BCUT2D eigenvalue weighted by Crippen LogP contribution is -2.63. The molecule has 0 spiro atoms. The Hall–Kier alpha value is -1.78. The van der Waals surface area contributed by atoms with Gasteiger partial charge in [-0.05, 0) is 40.7 Å². The molecule has 1 saturated heterocycles. The Kier molecular flexibility index (Phi) is 7.15. The lowest BCUT2D eigenvalue weighted by molar-refractivity contribution is -0.877. The van der Waals surface area contributed by atoms with Gasteiger partial charge >= 0.3 is 11.9 Å². The van der Waals surface area contributed by atoms with E-state index in [9.17, 15) is 25.0 Å². The Morgan fingerprint density at radius 2 is 2.03 bits per heavy atom. The standard InChI is InChI=1S/C21H33NO8/c1-7-13(2)18(23)30-16-9-11-22(27)10-8-15(17(16)22)12-29-19(24)21(26,14(3)28-6)20(4,5)25/h7-8,14,16-17,25-26H,9-12H2,1-6H3/b13-7+/t14-,16+,17-,21+,22?/m1/s1. The van der Waals surface area contributed by atoms with Crippen LogP contribution in [0.25, 0.3) is 0 Å². The molecule has 2 aliphatic rings. The van der Waals surface area contributed by atoms with Gasteiger partial charge in [0.1, 0.15) is 12.2 Å². The van der Waals surface area contributed by atoms with Crippen LogP contribution in [-0.4, -0.2) is 83.1 Å². The van der Waals surface area contributed by atoms with Gasteiger partial charge in [0.05, 0.1) is 19.2 Å². The van der Waals surface area contributed by atoms with Crippen molar-refractivity contribution in [3.63, 3.8) is 0 Å². The zero-order valence-electron chi connectivity index (χ0n) is 18.5. The molecule has 2 aliphatic heterocycles. The molecule has 2 N–H and O–H groups in total. The van der Waals surface area contributed by atoms with Crippen molar-refractivity contribution < 1.29 is 38.7 Å². The van der Waals surface area contributed by atoms with Crippen LogP contribution in [0.1, 0.15) is 41.0 Å². The Bertz CT molecular complexity index is 740. The number of allylic oxidation sites excluding steroid dienone is 1.